The summed E-state index contributed by atoms with van der Waals surface area (Å²) < 4.78 is 1.19. The standard InChI is InChI=1S/C14H25BrN2S/c1-11(2)16-9-14(3,4)10-17(5)7-13-6-12(15)8-18-13/h6,8,11,16H,7,9-10H2,1-5H3. The highest BCUT2D eigenvalue weighted by Crippen LogP contribution is 2.22. The predicted octanol–water partition coefficient (Wildman–Crippen LogP) is 3.97. The van der Waals surface area contributed by atoms with Crippen LogP contribution in [0.3, 0.4) is 0 Å². The van der Waals surface area contributed by atoms with E-state index in [1.54, 1.807) is 0 Å². The first-order valence-corrected chi connectivity index (χ1v) is 8.10. The minimum Gasteiger partial charge on any atom is -0.314 e. The third-order valence-electron chi connectivity index (χ3n) is 2.73. The number of hydrogen-bond donors (Lipinski definition) is 1. The average molecular weight is 333 g/mol. The van der Waals surface area contributed by atoms with Crippen molar-refractivity contribution in [3.05, 3.63) is 20.8 Å². The van der Waals surface area contributed by atoms with Gasteiger partial charge in [-0.2, -0.15) is 0 Å². The van der Waals surface area contributed by atoms with Crippen LogP contribution in [0.1, 0.15) is 32.6 Å². The van der Waals surface area contributed by atoms with Crippen molar-refractivity contribution in [2.24, 2.45) is 5.41 Å². The highest BCUT2D eigenvalue weighted by Gasteiger charge is 2.20. The Labute approximate surface area is 124 Å². The molecule has 0 fully saturated rings. The van der Waals surface area contributed by atoms with Crippen LogP contribution < -0.4 is 5.32 Å². The summed E-state index contributed by atoms with van der Waals surface area (Å²) in [6.45, 7) is 12.2. The Morgan fingerprint density at radius 3 is 2.61 bits per heavy atom. The van der Waals surface area contributed by atoms with Crippen molar-refractivity contribution in [1.82, 2.24) is 10.2 Å². The van der Waals surface area contributed by atoms with Gasteiger partial charge in [-0.3, -0.25) is 0 Å². The molecule has 4 heteroatoms. The lowest BCUT2D eigenvalue weighted by Crippen LogP contribution is -2.40. The molecule has 1 heterocycles. The first kappa shape index (κ1) is 16.2. The van der Waals surface area contributed by atoms with E-state index in [1.165, 1.54) is 9.35 Å². The molecule has 18 heavy (non-hydrogen) atoms. The Kier molecular flexibility index (Phi) is 6.31. The maximum Gasteiger partial charge on any atom is 0.0325 e. The fourth-order valence-electron chi connectivity index (χ4n) is 2.03. The van der Waals surface area contributed by atoms with E-state index in [2.05, 4.69) is 72.3 Å². The van der Waals surface area contributed by atoms with Gasteiger partial charge in [0.05, 0.1) is 0 Å². The third-order valence-corrected chi connectivity index (χ3v) is 4.42. The van der Waals surface area contributed by atoms with Gasteiger partial charge < -0.3 is 10.2 Å². The maximum atomic E-state index is 3.53. The van der Waals surface area contributed by atoms with Crippen LogP contribution >= 0.6 is 27.3 Å². The normalized spacial score (nSPS) is 12.7. The molecule has 1 N–H and O–H groups in total. The topological polar surface area (TPSA) is 15.3 Å². The Bertz CT molecular complexity index is 360. The van der Waals surface area contributed by atoms with Gasteiger partial charge >= 0.3 is 0 Å². The molecule has 1 rings (SSSR count). The minimum atomic E-state index is 0.299. The molecule has 1 aromatic heterocycles. The van der Waals surface area contributed by atoms with Crippen LogP contribution in [0.25, 0.3) is 0 Å². The summed E-state index contributed by atoms with van der Waals surface area (Å²) in [7, 11) is 2.20. The lowest BCUT2D eigenvalue weighted by Gasteiger charge is -2.31. The van der Waals surface area contributed by atoms with Crippen LogP contribution in [0.15, 0.2) is 15.9 Å². The van der Waals surface area contributed by atoms with E-state index in [4.69, 9.17) is 0 Å². The van der Waals surface area contributed by atoms with E-state index in [0.717, 1.165) is 19.6 Å². The van der Waals surface area contributed by atoms with Crippen molar-refractivity contribution >= 4 is 27.3 Å². The molecule has 0 aliphatic rings. The molecule has 0 aromatic carbocycles. The first-order valence-electron chi connectivity index (χ1n) is 6.43. The summed E-state index contributed by atoms with van der Waals surface area (Å²) in [6, 6.07) is 2.77. The monoisotopic (exact) mass is 332 g/mol. The quantitative estimate of drug-likeness (QED) is 0.812. The fraction of sp³-hybridized carbons (Fsp3) is 0.714. The maximum absolute atomic E-state index is 3.53. The summed E-state index contributed by atoms with van der Waals surface area (Å²) in [5.41, 5.74) is 0.299. The zero-order valence-corrected chi connectivity index (χ0v) is 14.5. The van der Waals surface area contributed by atoms with Crippen LogP contribution in [-0.4, -0.2) is 31.1 Å². The minimum absolute atomic E-state index is 0.299. The Morgan fingerprint density at radius 2 is 2.11 bits per heavy atom. The number of rotatable bonds is 7. The highest BCUT2D eigenvalue weighted by molar-refractivity contribution is 9.10. The molecule has 0 radical (unpaired) electrons. The van der Waals surface area contributed by atoms with E-state index < -0.39 is 0 Å². The van der Waals surface area contributed by atoms with Crippen molar-refractivity contribution in [2.45, 2.75) is 40.3 Å². The SMILES string of the molecule is CC(C)NCC(C)(C)CN(C)Cc1cc(Br)cs1. The molecule has 0 aliphatic carbocycles. The van der Waals surface area contributed by atoms with Crippen molar-refractivity contribution in [3.63, 3.8) is 0 Å². The van der Waals surface area contributed by atoms with Crippen LogP contribution in [0.5, 0.6) is 0 Å². The highest BCUT2D eigenvalue weighted by atomic mass is 79.9. The third kappa shape index (κ3) is 6.32. The lowest BCUT2D eigenvalue weighted by molar-refractivity contribution is 0.196. The molecule has 0 saturated heterocycles. The zero-order chi connectivity index (χ0) is 13.8. The number of halogens is 1. The van der Waals surface area contributed by atoms with Crippen LogP contribution in [0.2, 0.25) is 0 Å². The van der Waals surface area contributed by atoms with Gasteiger partial charge in [0, 0.05) is 40.4 Å². The van der Waals surface area contributed by atoms with Crippen molar-refractivity contribution in [1.29, 1.82) is 0 Å². The van der Waals surface area contributed by atoms with Crippen LogP contribution in [0.4, 0.5) is 0 Å². The smallest absolute Gasteiger partial charge is 0.0325 e. The molecule has 1 aromatic rings. The van der Waals surface area contributed by atoms with E-state index >= 15 is 0 Å². The molecular formula is C14H25BrN2S. The average Bonchev–Trinajstić information content (AvgIpc) is 2.60. The summed E-state index contributed by atoms with van der Waals surface area (Å²) in [4.78, 5) is 3.82. The second-order valence-electron chi connectivity index (χ2n) is 6.10. The van der Waals surface area contributed by atoms with Crippen LogP contribution in [-0.2, 0) is 6.54 Å². The van der Waals surface area contributed by atoms with Gasteiger partial charge in [-0.05, 0) is 34.5 Å². The molecule has 0 saturated carbocycles. The van der Waals surface area contributed by atoms with E-state index in [9.17, 15) is 0 Å². The largest absolute Gasteiger partial charge is 0.314 e. The van der Waals surface area contributed by atoms with Gasteiger partial charge in [-0.1, -0.05) is 27.7 Å². The van der Waals surface area contributed by atoms with Gasteiger partial charge in [-0.25, -0.2) is 0 Å². The Hall–Kier alpha value is 0.1000. The molecule has 0 bridgehead atoms. The Morgan fingerprint density at radius 1 is 1.44 bits per heavy atom. The molecule has 0 amide bonds. The second kappa shape index (κ2) is 7.04. The van der Waals surface area contributed by atoms with Gasteiger partial charge in [0.15, 0.2) is 0 Å². The van der Waals surface area contributed by atoms with Gasteiger partial charge in [-0.15, -0.1) is 11.3 Å². The number of nitrogens with one attached hydrogen (secondary N) is 1. The summed E-state index contributed by atoms with van der Waals surface area (Å²) in [6.07, 6.45) is 0. The number of thiophene rings is 1. The zero-order valence-electron chi connectivity index (χ0n) is 12.1. The summed E-state index contributed by atoms with van der Waals surface area (Å²) in [5, 5.41) is 5.67. The van der Waals surface area contributed by atoms with Gasteiger partial charge in [0.2, 0.25) is 0 Å². The Balaban J connectivity index is 2.40. The van der Waals surface area contributed by atoms with Crippen molar-refractivity contribution < 1.29 is 0 Å². The summed E-state index contributed by atoms with van der Waals surface area (Å²) in [5.74, 6) is 0. The van der Waals surface area contributed by atoms with Crippen LogP contribution in [0, 0.1) is 5.41 Å². The first-order chi connectivity index (χ1) is 8.28. The van der Waals surface area contributed by atoms with E-state index in [1.807, 2.05) is 11.3 Å². The van der Waals surface area contributed by atoms with Gasteiger partial charge in [0.1, 0.15) is 0 Å². The van der Waals surface area contributed by atoms with Crippen molar-refractivity contribution in [2.75, 3.05) is 20.1 Å². The fourth-order valence-corrected chi connectivity index (χ4v) is 3.56. The molecule has 0 unspecified atom stereocenters. The molecular weight excluding hydrogens is 308 g/mol. The van der Waals surface area contributed by atoms with E-state index in [0.29, 0.717) is 11.5 Å². The molecule has 0 spiro atoms. The molecule has 2 nitrogen and oxygen atoms in total. The molecule has 0 atom stereocenters. The summed E-state index contributed by atoms with van der Waals surface area (Å²) >= 11 is 5.32. The second-order valence-corrected chi connectivity index (χ2v) is 8.01. The number of nitrogens with zero attached hydrogens (tertiary/aromatic N) is 1. The lowest BCUT2D eigenvalue weighted by atomic mass is 9.92. The molecule has 0 aliphatic heterocycles. The van der Waals surface area contributed by atoms with E-state index in [-0.39, 0.29) is 0 Å². The molecule has 104 valence electrons. The number of hydrogen-bond acceptors (Lipinski definition) is 3. The predicted molar refractivity (Wildman–Crippen MR) is 85.3 cm³/mol. The van der Waals surface area contributed by atoms with Gasteiger partial charge in [0.25, 0.3) is 0 Å². The van der Waals surface area contributed by atoms with Crippen molar-refractivity contribution in [3.8, 4) is 0 Å².